The van der Waals surface area contributed by atoms with Crippen molar-refractivity contribution in [3.63, 3.8) is 0 Å². The molecule has 0 fully saturated rings. The van der Waals surface area contributed by atoms with Gasteiger partial charge in [-0.2, -0.15) is 0 Å². The molecule has 186 valence electrons. The number of carboxylic acid groups (broad SMARTS) is 5. The number of rotatable bonds is 16. The molecule has 0 radical (unpaired) electrons. The minimum atomic E-state index is -2.97. The Morgan fingerprint density at radius 2 is 1.09 bits per heavy atom. The molecule has 16 nitrogen and oxygen atoms in total. The summed E-state index contributed by atoms with van der Waals surface area (Å²) < 4.78 is 0. The van der Waals surface area contributed by atoms with Crippen molar-refractivity contribution in [1.29, 1.82) is 0 Å². The molecule has 0 heterocycles. The maximum atomic E-state index is 11.9. The van der Waals surface area contributed by atoms with Gasteiger partial charge in [-0.05, 0) is 12.8 Å². The second-order valence-corrected chi connectivity index (χ2v) is 7.12. The number of carbonyl (C=O) groups is 7. The monoisotopic (exact) mass is 480 g/mol. The van der Waals surface area contributed by atoms with E-state index in [2.05, 4.69) is 5.32 Å². The van der Waals surface area contributed by atoms with Gasteiger partial charge in [0.25, 0.3) is 0 Å². The van der Waals surface area contributed by atoms with E-state index < -0.39 is 84.6 Å². The molecule has 0 aromatic carbocycles. The van der Waals surface area contributed by atoms with Crippen molar-refractivity contribution < 1.29 is 69.3 Å². The van der Waals surface area contributed by atoms with E-state index in [-0.39, 0.29) is 19.4 Å². The summed E-state index contributed by atoms with van der Waals surface area (Å²) in [6.07, 6.45) is -5.34. The largest absolute Gasteiger partial charge is 0.481 e. The standard InChI is InChI=1S/C17H24N2O14/c20-9(4-16(32,14(28)29)6-11(22)23)18-3-1-2-8(13(26)27)19-10(21)5-17(33,15(30)31)7-12(24)25/h8,32-33H,1-7H2,(H,18,20)(H,19,21)(H,22,23)(H,24,25)(H,26,27)(H,28,29)(H,30,31)/t8-,16?,17?/m0/s1. The van der Waals surface area contributed by atoms with Gasteiger partial charge in [-0.3, -0.25) is 19.2 Å². The molecule has 0 aromatic heterocycles. The third-order valence-electron chi connectivity index (χ3n) is 4.21. The first-order valence-electron chi connectivity index (χ1n) is 9.16. The molecule has 2 amide bonds. The van der Waals surface area contributed by atoms with Crippen LogP contribution in [-0.4, -0.2) is 101 Å². The summed E-state index contributed by atoms with van der Waals surface area (Å²) in [5, 5.41) is 67.9. The lowest BCUT2D eigenvalue weighted by atomic mass is 9.95. The number of carboxylic acids is 5. The number of hydrogen-bond donors (Lipinski definition) is 9. The number of carbonyl (C=O) groups excluding carboxylic acids is 2. The molecule has 0 aromatic rings. The smallest absolute Gasteiger partial charge is 0.336 e. The first-order chi connectivity index (χ1) is 15.0. The molecule has 0 rings (SSSR count). The fourth-order valence-electron chi connectivity index (χ4n) is 2.56. The number of aliphatic carboxylic acids is 5. The third-order valence-corrected chi connectivity index (χ3v) is 4.21. The molecule has 0 aliphatic carbocycles. The zero-order chi connectivity index (χ0) is 26.0. The van der Waals surface area contributed by atoms with Crippen molar-refractivity contribution in [1.82, 2.24) is 10.6 Å². The van der Waals surface area contributed by atoms with E-state index in [0.717, 1.165) is 0 Å². The highest BCUT2D eigenvalue weighted by Crippen LogP contribution is 2.17. The molecular formula is C17H24N2O14. The highest BCUT2D eigenvalue weighted by molar-refractivity contribution is 5.92. The fraction of sp³-hybridized carbons (Fsp3) is 0.588. The van der Waals surface area contributed by atoms with Crippen molar-refractivity contribution in [2.24, 2.45) is 0 Å². The second kappa shape index (κ2) is 12.3. The summed E-state index contributed by atoms with van der Waals surface area (Å²) in [5.74, 6) is -11.2. The fourth-order valence-corrected chi connectivity index (χ4v) is 2.56. The first kappa shape index (κ1) is 29.2. The van der Waals surface area contributed by atoms with Gasteiger partial charge in [0.05, 0.1) is 25.7 Å². The van der Waals surface area contributed by atoms with Gasteiger partial charge >= 0.3 is 29.8 Å². The van der Waals surface area contributed by atoms with Crippen LogP contribution in [0.15, 0.2) is 0 Å². The average molecular weight is 480 g/mol. The number of hydrogen-bond acceptors (Lipinski definition) is 9. The van der Waals surface area contributed by atoms with Crippen LogP contribution in [0.3, 0.4) is 0 Å². The van der Waals surface area contributed by atoms with Gasteiger partial charge in [0.2, 0.25) is 11.8 Å². The summed E-state index contributed by atoms with van der Waals surface area (Å²) in [6.45, 7) is -0.265. The Balaban J connectivity index is 4.80. The molecule has 0 saturated heterocycles. The molecule has 2 unspecified atom stereocenters. The highest BCUT2D eigenvalue weighted by atomic mass is 16.4. The number of aliphatic hydroxyl groups is 2. The van der Waals surface area contributed by atoms with Crippen molar-refractivity contribution in [3.8, 4) is 0 Å². The quantitative estimate of drug-likeness (QED) is 0.0984. The van der Waals surface area contributed by atoms with Crippen LogP contribution in [0, 0.1) is 0 Å². The predicted molar refractivity (Wildman–Crippen MR) is 101 cm³/mol. The summed E-state index contributed by atoms with van der Waals surface area (Å²) >= 11 is 0. The van der Waals surface area contributed by atoms with Gasteiger partial charge in [0.15, 0.2) is 11.2 Å². The number of nitrogens with one attached hydrogen (secondary N) is 2. The maximum absolute atomic E-state index is 11.9. The lowest BCUT2D eigenvalue weighted by Crippen LogP contribution is -2.48. The molecule has 16 heteroatoms. The van der Waals surface area contributed by atoms with Gasteiger partial charge in [0.1, 0.15) is 6.04 Å². The van der Waals surface area contributed by atoms with E-state index in [4.69, 9.17) is 25.5 Å². The molecule has 0 spiro atoms. The molecule has 0 aliphatic rings. The first-order valence-corrected chi connectivity index (χ1v) is 9.16. The Morgan fingerprint density at radius 1 is 0.667 bits per heavy atom. The van der Waals surface area contributed by atoms with Crippen LogP contribution in [0.5, 0.6) is 0 Å². The molecule has 9 N–H and O–H groups in total. The van der Waals surface area contributed by atoms with Crippen LogP contribution < -0.4 is 10.6 Å². The Bertz CT molecular complexity index is 812. The SMILES string of the molecule is O=C(O)CC(O)(CC(=O)NCCC[C@H](NC(=O)CC(O)(CC(=O)O)C(=O)O)C(=O)O)C(=O)O. The van der Waals surface area contributed by atoms with E-state index in [1.165, 1.54) is 0 Å². The van der Waals surface area contributed by atoms with Crippen LogP contribution in [-0.2, 0) is 33.6 Å². The van der Waals surface area contributed by atoms with Gasteiger partial charge < -0.3 is 46.4 Å². The van der Waals surface area contributed by atoms with Crippen LogP contribution in [0.1, 0.15) is 38.5 Å². The van der Waals surface area contributed by atoms with Gasteiger partial charge in [0, 0.05) is 6.54 Å². The topological polar surface area (TPSA) is 285 Å². The van der Waals surface area contributed by atoms with Crippen LogP contribution in [0.25, 0.3) is 0 Å². The second-order valence-electron chi connectivity index (χ2n) is 7.12. The van der Waals surface area contributed by atoms with Crippen molar-refractivity contribution in [3.05, 3.63) is 0 Å². The summed E-state index contributed by atoms with van der Waals surface area (Å²) in [6, 6.07) is -1.61. The lowest BCUT2D eigenvalue weighted by Gasteiger charge is -2.22. The molecular weight excluding hydrogens is 456 g/mol. The minimum Gasteiger partial charge on any atom is -0.481 e. The van der Waals surface area contributed by atoms with E-state index in [0.29, 0.717) is 0 Å². The van der Waals surface area contributed by atoms with Crippen molar-refractivity contribution in [2.45, 2.75) is 55.8 Å². The van der Waals surface area contributed by atoms with Crippen LogP contribution >= 0.6 is 0 Å². The van der Waals surface area contributed by atoms with Crippen LogP contribution in [0.2, 0.25) is 0 Å². The van der Waals surface area contributed by atoms with Crippen molar-refractivity contribution in [2.75, 3.05) is 6.54 Å². The Labute approximate surface area is 184 Å². The Morgan fingerprint density at radius 3 is 1.45 bits per heavy atom. The normalized spacial score (nSPS) is 15.2. The van der Waals surface area contributed by atoms with E-state index >= 15 is 0 Å². The molecule has 0 saturated carbocycles. The van der Waals surface area contributed by atoms with E-state index in [1.807, 2.05) is 5.32 Å². The molecule has 3 atom stereocenters. The number of amides is 2. The van der Waals surface area contributed by atoms with Crippen molar-refractivity contribution >= 4 is 41.7 Å². The summed E-state index contributed by atoms with van der Waals surface area (Å²) in [7, 11) is 0. The van der Waals surface area contributed by atoms with Gasteiger partial charge in [-0.15, -0.1) is 0 Å². The maximum Gasteiger partial charge on any atom is 0.336 e. The Kier molecular flexibility index (Phi) is 10.9. The van der Waals surface area contributed by atoms with Gasteiger partial charge in [-0.25, -0.2) is 14.4 Å². The van der Waals surface area contributed by atoms with E-state index in [1.54, 1.807) is 0 Å². The zero-order valence-electron chi connectivity index (χ0n) is 17.0. The molecule has 33 heavy (non-hydrogen) atoms. The Hall–Kier alpha value is -3.79. The van der Waals surface area contributed by atoms with Crippen LogP contribution in [0.4, 0.5) is 0 Å². The molecule has 0 bridgehead atoms. The molecule has 0 aliphatic heterocycles. The highest BCUT2D eigenvalue weighted by Gasteiger charge is 2.42. The van der Waals surface area contributed by atoms with E-state index in [9.17, 15) is 43.8 Å². The van der Waals surface area contributed by atoms with Gasteiger partial charge in [-0.1, -0.05) is 0 Å². The zero-order valence-corrected chi connectivity index (χ0v) is 17.0. The summed E-state index contributed by atoms with van der Waals surface area (Å²) in [5.41, 5.74) is -5.83. The average Bonchev–Trinajstić information content (AvgIpc) is 2.62. The minimum absolute atomic E-state index is 0.119. The predicted octanol–water partition coefficient (Wildman–Crippen LogP) is -3.19. The lowest BCUT2D eigenvalue weighted by molar-refractivity contribution is -0.167. The third kappa shape index (κ3) is 10.4. The summed E-state index contributed by atoms with van der Waals surface area (Å²) in [4.78, 5) is 78.3.